The van der Waals surface area contributed by atoms with E-state index < -0.39 is 22.7 Å². The number of aliphatic hydroxyl groups is 1. The van der Waals surface area contributed by atoms with E-state index in [1.165, 1.54) is 29.2 Å². The SMILES string of the molecule is CN(CC(O)c1cccc([N+](=O)[O-])c1)c1ccc(F)c(F)c1. The molecule has 1 N–H and O–H groups in total. The summed E-state index contributed by atoms with van der Waals surface area (Å²) < 4.78 is 26.1. The summed E-state index contributed by atoms with van der Waals surface area (Å²) in [6.07, 6.45) is -1.00. The largest absolute Gasteiger partial charge is 0.387 e. The highest BCUT2D eigenvalue weighted by molar-refractivity contribution is 5.46. The number of benzene rings is 2. The Hall–Kier alpha value is -2.54. The van der Waals surface area contributed by atoms with Gasteiger partial charge in [0.05, 0.1) is 11.0 Å². The first-order chi connectivity index (χ1) is 10.4. The van der Waals surface area contributed by atoms with Crippen LogP contribution in [0.5, 0.6) is 0 Å². The molecule has 0 heterocycles. The minimum absolute atomic E-state index is 0.0756. The van der Waals surface area contributed by atoms with Gasteiger partial charge in [-0.1, -0.05) is 12.1 Å². The van der Waals surface area contributed by atoms with E-state index in [1.807, 2.05) is 0 Å². The Kier molecular flexibility index (Phi) is 4.67. The van der Waals surface area contributed by atoms with Crippen molar-refractivity contribution >= 4 is 11.4 Å². The number of aliphatic hydroxyl groups excluding tert-OH is 1. The van der Waals surface area contributed by atoms with E-state index in [2.05, 4.69) is 0 Å². The van der Waals surface area contributed by atoms with Gasteiger partial charge in [0, 0.05) is 37.5 Å². The zero-order valence-corrected chi connectivity index (χ0v) is 11.7. The fourth-order valence-corrected chi connectivity index (χ4v) is 2.04. The number of nitro groups is 1. The second-order valence-corrected chi connectivity index (χ2v) is 4.85. The fraction of sp³-hybridized carbons (Fsp3) is 0.200. The second-order valence-electron chi connectivity index (χ2n) is 4.85. The molecule has 0 aliphatic carbocycles. The zero-order valence-electron chi connectivity index (χ0n) is 11.7. The van der Waals surface area contributed by atoms with Crippen LogP contribution in [0.4, 0.5) is 20.2 Å². The summed E-state index contributed by atoms with van der Waals surface area (Å²) in [4.78, 5) is 11.7. The van der Waals surface area contributed by atoms with Gasteiger partial charge in [0.15, 0.2) is 11.6 Å². The molecule has 0 amide bonds. The van der Waals surface area contributed by atoms with Crippen LogP contribution < -0.4 is 4.90 Å². The molecule has 2 rings (SSSR count). The second kappa shape index (κ2) is 6.48. The van der Waals surface area contributed by atoms with Gasteiger partial charge < -0.3 is 10.0 Å². The molecule has 1 unspecified atom stereocenters. The molecular weight excluding hydrogens is 294 g/mol. The molecule has 0 radical (unpaired) electrons. The third kappa shape index (κ3) is 3.56. The van der Waals surface area contributed by atoms with Crippen LogP contribution in [-0.2, 0) is 0 Å². The highest BCUT2D eigenvalue weighted by Gasteiger charge is 2.15. The Morgan fingerprint density at radius 1 is 1.23 bits per heavy atom. The summed E-state index contributed by atoms with van der Waals surface area (Å²) in [5.41, 5.74) is 0.652. The molecule has 2 aromatic carbocycles. The van der Waals surface area contributed by atoms with Gasteiger partial charge in [-0.15, -0.1) is 0 Å². The first-order valence-corrected chi connectivity index (χ1v) is 6.47. The van der Waals surface area contributed by atoms with E-state index in [9.17, 15) is 24.0 Å². The quantitative estimate of drug-likeness (QED) is 0.681. The maximum Gasteiger partial charge on any atom is 0.269 e. The molecule has 1 atom stereocenters. The average Bonchev–Trinajstić information content (AvgIpc) is 2.50. The summed E-state index contributed by atoms with van der Waals surface area (Å²) in [5, 5.41) is 20.9. The van der Waals surface area contributed by atoms with E-state index in [1.54, 1.807) is 13.1 Å². The van der Waals surface area contributed by atoms with Crippen LogP contribution in [0.25, 0.3) is 0 Å². The Bertz CT molecular complexity index is 694. The minimum Gasteiger partial charge on any atom is -0.387 e. The standard InChI is InChI=1S/C15H14F2N2O3/c1-18(11-5-6-13(16)14(17)8-11)9-15(20)10-3-2-4-12(7-10)19(21)22/h2-8,15,20H,9H2,1H3. The number of hydrogen-bond acceptors (Lipinski definition) is 4. The molecule has 22 heavy (non-hydrogen) atoms. The van der Waals surface area contributed by atoms with E-state index >= 15 is 0 Å². The van der Waals surface area contributed by atoms with Crippen LogP contribution in [0.15, 0.2) is 42.5 Å². The lowest BCUT2D eigenvalue weighted by Gasteiger charge is -2.23. The molecule has 116 valence electrons. The first kappa shape index (κ1) is 15.8. The topological polar surface area (TPSA) is 66.6 Å². The molecule has 0 bridgehead atoms. The van der Waals surface area contributed by atoms with Crippen molar-refractivity contribution in [2.45, 2.75) is 6.10 Å². The fourth-order valence-electron chi connectivity index (χ4n) is 2.04. The van der Waals surface area contributed by atoms with Crippen LogP contribution in [-0.4, -0.2) is 23.6 Å². The molecular formula is C15H14F2N2O3. The Balaban J connectivity index is 2.13. The number of rotatable bonds is 5. The van der Waals surface area contributed by atoms with Crippen molar-refractivity contribution < 1.29 is 18.8 Å². The number of hydrogen-bond donors (Lipinski definition) is 1. The van der Waals surface area contributed by atoms with Crippen molar-refractivity contribution in [3.63, 3.8) is 0 Å². The van der Waals surface area contributed by atoms with E-state index in [0.717, 1.165) is 12.1 Å². The van der Waals surface area contributed by atoms with Gasteiger partial charge in [-0.05, 0) is 17.7 Å². The third-order valence-corrected chi connectivity index (χ3v) is 3.26. The summed E-state index contributed by atoms with van der Waals surface area (Å²) in [7, 11) is 1.60. The first-order valence-electron chi connectivity index (χ1n) is 6.47. The van der Waals surface area contributed by atoms with Crippen molar-refractivity contribution in [3.05, 3.63) is 69.8 Å². The van der Waals surface area contributed by atoms with E-state index in [-0.39, 0.29) is 12.2 Å². The Labute approximate surface area is 125 Å². The normalized spacial score (nSPS) is 12.0. The van der Waals surface area contributed by atoms with Crippen LogP contribution in [0, 0.1) is 21.7 Å². The van der Waals surface area contributed by atoms with Gasteiger partial charge in [0.25, 0.3) is 5.69 Å². The molecule has 2 aromatic rings. The lowest BCUT2D eigenvalue weighted by Crippen LogP contribution is -2.24. The van der Waals surface area contributed by atoms with Crippen molar-refractivity contribution in [2.24, 2.45) is 0 Å². The predicted octanol–water partition coefficient (Wildman–Crippen LogP) is 3.04. The summed E-state index contributed by atoms with van der Waals surface area (Å²) in [6, 6.07) is 9.07. The molecule has 7 heteroatoms. The number of anilines is 1. The highest BCUT2D eigenvalue weighted by atomic mass is 19.2. The number of nitrogens with zero attached hydrogens (tertiary/aromatic N) is 2. The molecule has 0 saturated carbocycles. The highest BCUT2D eigenvalue weighted by Crippen LogP contribution is 2.23. The monoisotopic (exact) mass is 308 g/mol. The summed E-state index contributed by atoms with van der Waals surface area (Å²) in [6.45, 7) is 0.0756. The molecule has 0 aliphatic rings. The Morgan fingerprint density at radius 2 is 1.95 bits per heavy atom. The number of nitro benzene ring substituents is 1. The van der Waals surface area contributed by atoms with Crippen LogP contribution in [0.2, 0.25) is 0 Å². The number of halogens is 2. The summed E-state index contributed by atoms with van der Waals surface area (Å²) in [5.74, 6) is -1.93. The lowest BCUT2D eigenvalue weighted by molar-refractivity contribution is -0.385. The van der Waals surface area contributed by atoms with Gasteiger partial charge >= 0.3 is 0 Å². The number of non-ortho nitro benzene ring substituents is 1. The van der Waals surface area contributed by atoms with Crippen LogP contribution in [0.3, 0.4) is 0 Å². The zero-order chi connectivity index (χ0) is 16.3. The lowest BCUT2D eigenvalue weighted by atomic mass is 10.1. The number of likely N-dealkylation sites (N-methyl/N-ethyl adjacent to an activating group) is 1. The van der Waals surface area contributed by atoms with Crippen molar-refractivity contribution in [1.29, 1.82) is 0 Å². The molecule has 0 spiro atoms. The van der Waals surface area contributed by atoms with Crippen molar-refractivity contribution in [3.8, 4) is 0 Å². The van der Waals surface area contributed by atoms with Gasteiger partial charge in [0.2, 0.25) is 0 Å². The van der Waals surface area contributed by atoms with Gasteiger partial charge in [-0.2, -0.15) is 0 Å². The average molecular weight is 308 g/mol. The minimum atomic E-state index is -1.00. The smallest absolute Gasteiger partial charge is 0.269 e. The molecule has 0 fully saturated rings. The molecule has 0 aromatic heterocycles. The van der Waals surface area contributed by atoms with Crippen LogP contribution >= 0.6 is 0 Å². The molecule has 0 saturated heterocycles. The van der Waals surface area contributed by atoms with Crippen molar-refractivity contribution in [1.82, 2.24) is 0 Å². The van der Waals surface area contributed by atoms with Crippen molar-refractivity contribution in [2.75, 3.05) is 18.5 Å². The van der Waals surface area contributed by atoms with E-state index in [4.69, 9.17) is 0 Å². The summed E-state index contributed by atoms with van der Waals surface area (Å²) >= 11 is 0. The van der Waals surface area contributed by atoms with Gasteiger partial charge in [-0.3, -0.25) is 10.1 Å². The van der Waals surface area contributed by atoms with Gasteiger partial charge in [0.1, 0.15) is 0 Å². The maximum absolute atomic E-state index is 13.2. The van der Waals surface area contributed by atoms with E-state index in [0.29, 0.717) is 11.3 Å². The van der Waals surface area contributed by atoms with Crippen LogP contribution in [0.1, 0.15) is 11.7 Å². The third-order valence-electron chi connectivity index (χ3n) is 3.26. The maximum atomic E-state index is 13.2. The predicted molar refractivity (Wildman–Crippen MR) is 77.7 cm³/mol. The molecule has 0 aliphatic heterocycles. The van der Waals surface area contributed by atoms with Gasteiger partial charge in [-0.25, -0.2) is 8.78 Å². The molecule has 5 nitrogen and oxygen atoms in total. The Morgan fingerprint density at radius 3 is 2.59 bits per heavy atom.